The second kappa shape index (κ2) is 5.05. The number of rotatable bonds is 4. The Morgan fingerprint density at radius 2 is 1.95 bits per heavy atom. The molecule has 2 N–H and O–H groups in total. The van der Waals surface area contributed by atoms with Crippen molar-refractivity contribution < 1.29 is 14.7 Å². The highest BCUT2D eigenvalue weighted by Gasteiger charge is 2.45. The van der Waals surface area contributed by atoms with Crippen LogP contribution in [0.2, 0.25) is 0 Å². The van der Waals surface area contributed by atoms with Gasteiger partial charge in [-0.05, 0) is 49.6 Å². The van der Waals surface area contributed by atoms with Crippen molar-refractivity contribution >= 4 is 11.9 Å². The third-order valence-electron chi connectivity index (χ3n) is 3.87. The zero-order valence-electron chi connectivity index (χ0n) is 11.3. The van der Waals surface area contributed by atoms with E-state index >= 15 is 0 Å². The molecule has 1 amide bonds. The number of carboxylic acids is 1. The highest BCUT2D eigenvalue weighted by molar-refractivity contribution is 5.98. The molecule has 0 atom stereocenters. The number of aliphatic carboxylic acids is 1. The molecule has 6 nitrogen and oxygen atoms in total. The molecule has 0 aliphatic heterocycles. The van der Waals surface area contributed by atoms with Crippen LogP contribution in [0.1, 0.15) is 29.6 Å². The number of hydrogen-bond acceptors (Lipinski definition) is 3. The lowest BCUT2D eigenvalue weighted by molar-refractivity contribution is -0.148. The van der Waals surface area contributed by atoms with Gasteiger partial charge in [-0.25, -0.2) is 9.48 Å². The summed E-state index contributed by atoms with van der Waals surface area (Å²) in [6.45, 7) is 0. The molecule has 0 radical (unpaired) electrons. The molecule has 1 aliphatic carbocycles. The molecule has 21 heavy (non-hydrogen) atoms. The Kier molecular flexibility index (Phi) is 3.21. The van der Waals surface area contributed by atoms with E-state index in [9.17, 15) is 14.7 Å². The first-order valence-corrected chi connectivity index (χ1v) is 6.77. The topological polar surface area (TPSA) is 84.2 Å². The molecule has 1 fully saturated rings. The van der Waals surface area contributed by atoms with Crippen LogP contribution in [-0.4, -0.2) is 32.3 Å². The molecule has 6 heteroatoms. The van der Waals surface area contributed by atoms with E-state index in [-0.39, 0.29) is 5.91 Å². The fourth-order valence-electron chi connectivity index (χ4n) is 2.40. The van der Waals surface area contributed by atoms with Crippen LogP contribution in [0.4, 0.5) is 0 Å². The van der Waals surface area contributed by atoms with Crippen LogP contribution in [-0.2, 0) is 4.79 Å². The largest absolute Gasteiger partial charge is 0.480 e. The van der Waals surface area contributed by atoms with Gasteiger partial charge in [0, 0.05) is 18.0 Å². The maximum atomic E-state index is 12.2. The predicted octanol–water partition coefficient (Wildman–Crippen LogP) is 1.61. The van der Waals surface area contributed by atoms with Crippen LogP contribution >= 0.6 is 0 Å². The second-order valence-corrected chi connectivity index (χ2v) is 5.19. The summed E-state index contributed by atoms with van der Waals surface area (Å²) in [5.74, 6) is -1.32. The third kappa shape index (κ3) is 2.40. The summed E-state index contributed by atoms with van der Waals surface area (Å²) in [6.07, 6.45) is 5.28. The number of carbonyl (C=O) groups is 2. The van der Waals surface area contributed by atoms with Crippen molar-refractivity contribution in [1.82, 2.24) is 15.1 Å². The minimum Gasteiger partial charge on any atom is -0.480 e. The van der Waals surface area contributed by atoms with Crippen molar-refractivity contribution in [2.75, 3.05) is 0 Å². The Labute approximate surface area is 121 Å². The number of nitrogens with zero attached hydrogens (tertiary/aromatic N) is 2. The molecule has 0 spiro atoms. The van der Waals surface area contributed by atoms with E-state index in [2.05, 4.69) is 10.4 Å². The second-order valence-electron chi connectivity index (χ2n) is 5.19. The summed E-state index contributed by atoms with van der Waals surface area (Å²) >= 11 is 0. The molecule has 108 valence electrons. The number of amides is 1. The fraction of sp³-hybridized carbons (Fsp3) is 0.267. The number of nitrogens with one attached hydrogen (secondary N) is 1. The van der Waals surface area contributed by atoms with Gasteiger partial charge in [-0.3, -0.25) is 4.79 Å². The van der Waals surface area contributed by atoms with E-state index in [4.69, 9.17) is 0 Å². The van der Waals surface area contributed by atoms with E-state index < -0.39 is 11.5 Å². The number of carboxylic acid groups (broad SMARTS) is 1. The summed E-state index contributed by atoms with van der Waals surface area (Å²) in [5, 5.41) is 16.0. The van der Waals surface area contributed by atoms with Crippen molar-refractivity contribution in [2.24, 2.45) is 0 Å². The van der Waals surface area contributed by atoms with Gasteiger partial charge in [0.15, 0.2) is 0 Å². The molecule has 1 aromatic carbocycles. The quantitative estimate of drug-likeness (QED) is 0.893. The molecular weight excluding hydrogens is 270 g/mol. The van der Waals surface area contributed by atoms with Crippen LogP contribution < -0.4 is 5.32 Å². The van der Waals surface area contributed by atoms with Gasteiger partial charge in [0.25, 0.3) is 5.91 Å². The maximum Gasteiger partial charge on any atom is 0.329 e. The Morgan fingerprint density at radius 3 is 2.43 bits per heavy atom. The zero-order chi connectivity index (χ0) is 14.9. The minimum atomic E-state index is -1.09. The van der Waals surface area contributed by atoms with Crippen molar-refractivity contribution in [2.45, 2.75) is 24.8 Å². The van der Waals surface area contributed by atoms with Gasteiger partial charge in [0.05, 0.1) is 5.69 Å². The van der Waals surface area contributed by atoms with Gasteiger partial charge in [0.1, 0.15) is 5.54 Å². The number of hydrogen-bond donors (Lipinski definition) is 2. The minimum absolute atomic E-state index is 0.357. The molecule has 1 aromatic heterocycles. The van der Waals surface area contributed by atoms with E-state index in [0.717, 1.165) is 12.1 Å². The molecule has 0 unspecified atom stereocenters. The highest BCUT2D eigenvalue weighted by atomic mass is 16.4. The molecule has 1 heterocycles. The van der Waals surface area contributed by atoms with Crippen molar-refractivity contribution in [1.29, 1.82) is 0 Å². The van der Waals surface area contributed by atoms with Gasteiger partial charge in [0.2, 0.25) is 0 Å². The predicted molar refractivity (Wildman–Crippen MR) is 75.2 cm³/mol. The first-order valence-electron chi connectivity index (χ1n) is 6.77. The van der Waals surface area contributed by atoms with Crippen molar-refractivity contribution in [3.05, 3.63) is 48.3 Å². The SMILES string of the molecule is O=C(NC1(C(=O)O)CCC1)c1ccc(-n2cccn2)cc1. The highest BCUT2D eigenvalue weighted by Crippen LogP contribution is 2.32. The smallest absolute Gasteiger partial charge is 0.329 e. The van der Waals surface area contributed by atoms with E-state index in [1.807, 2.05) is 12.3 Å². The van der Waals surface area contributed by atoms with Gasteiger partial charge in [-0.1, -0.05) is 0 Å². The van der Waals surface area contributed by atoms with Crippen LogP contribution in [0.3, 0.4) is 0 Å². The Hall–Kier alpha value is -2.63. The molecule has 0 saturated heterocycles. The van der Waals surface area contributed by atoms with Gasteiger partial charge >= 0.3 is 5.97 Å². The summed E-state index contributed by atoms with van der Waals surface area (Å²) in [5.41, 5.74) is 0.198. The first-order chi connectivity index (χ1) is 10.1. The number of benzene rings is 1. The van der Waals surface area contributed by atoms with Crippen LogP contribution in [0.5, 0.6) is 0 Å². The number of carbonyl (C=O) groups excluding carboxylic acids is 1. The zero-order valence-corrected chi connectivity index (χ0v) is 11.3. The summed E-state index contributed by atoms with van der Waals surface area (Å²) < 4.78 is 1.69. The lowest BCUT2D eigenvalue weighted by Crippen LogP contribution is -2.59. The Bertz CT molecular complexity index is 658. The monoisotopic (exact) mass is 285 g/mol. The molecule has 1 aliphatic rings. The average Bonchev–Trinajstić information content (AvgIpc) is 2.96. The fourth-order valence-corrected chi connectivity index (χ4v) is 2.40. The first kappa shape index (κ1) is 13.4. The van der Waals surface area contributed by atoms with Crippen molar-refractivity contribution in [3.63, 3.8) is 0 Å². The van der Waals surface area contributed by atoms with E-state index in [1.54, 1.807) is 35.1 Å². The summed E-state index contributed by atoms with van der Waals surface area (Å²) in [6, 6.07) is 8.70. The summed E-state index contributed by atoms with van der Waals surface area (Å²) in [4.78, 5) is 23.4. The Morgan fingerprint density at radius 1 is 1.24 bits per heavy atom. The van der Waals surface area contributed by atoms with Gasteiger partial charge in [-0.2, -0.15) is 5.10 Å². The van der Waals surface area contributed by atoms with E-state index in [1.165, 1.54) is 0 Å². The normalized spacial score (nSPS) is 16.0. The van der Waals surface area contributed by atoms with Crippen LogP contribution in [0.25, 0.3) is 5.69 Å². The lowest BCUT2D eigenvalue weighted by Gasteiger charge is -2.38. The maximum absolute atomic E-state index is 12.2. The molecule has 1 saturated carbocycles. The number of aromatic nitrogens is 2. The average molecular weight is 285 g/mol. The molecule has 2 aromatic rings. The standard InChI is InChI=1S/C15H15N3O3/c19-13(17-15(14(20)21)7-1-8-15)11-3-5-12(6-4-11)18-10-2-9-16-18/h2-6,9-10H,1,7-8H2,(H,17,19)(H,20,21). The molecule has 0 bridgehead atoms. The molecular formula is C15H15N3O3. The third-order valence-corrected chi connectivity index (χ3v) is 3.87. The Balaban J connectivity index is 1.75. The molecule has 3 rings (SSSR count). The summed E-state index contributed by atoms with van der Waals surface area (Å²) in [7, 11) is 0. The van der Waals surface area contributed by atoms with Crippen LogP contribution in [0, 0.1) is 0 Å². The van der Waals surface area contributed by atoms with Crippen molar-refractivity contribution in [3.8, 4) is 5.69 Å². The lowest BCUT2D eigenvalue weighted by atomic mass is 9.76. The van der Waals surface area contributed by atoms with Crippen LogP contribution in [0.15, 0.2) is 42.7 Å². The van der Waals surface area contributed by atoms with E-state index in [0.29, 0.717) is 18.4 Å². The van der Waals surface area contributed by atoms with Gasteiger partial charge in [-0.15, -0.1) is 0 Å². The van der Waals surface area contributed by atoms with Gasteiger partial charge < -0.3 is 10.4 Å².